The molecule has 1 atom stereocenters. The minimum absolute atomic E-state index is 0.121. The van der Waals surface area contributed by atoms with E-state index in [0.29, 0.717) is 29.3 Å². The van der Waals surface area contributed by atoms with Gasteiger partial charge in [0.2, 0.25) is 11.8 Å². The summed E-state index contributed by atoms with van der Waals surface area (Å²) in [5.74, 6) is 0.00901. The van der Waals surface area contributed by atoms with Gasteiger partial charge in [-0.2, -0.15) is 0 Å². The fraction of sp³-hybridized carbons (Fsp3) is 0.318. The van der Waals surface area contributed by atoms with Crippen LogP contribution in [0.4, 0.5) is 5.69 Å². The highest BCUT2D eigenvalue weighted by Gasteiger charge is 2.36. The predicted octanol–water partition coefficient (Wildman–Crippen LogP) is 1.60. The van der Waals surface area contributed by atoms with Crippen molar-refractivity contribution < 1.29 is 23.9 Å². The number of benzene rings is 2. The predicted molar refractivity (Wildman–Crippen MR) is 112 cm³/mol. The van der Waals surface area contributed by atoms with Gasteiger partial charge >= 0.3 is 0 Å². The largest absolute Gasteiger partial charge is 0.496 e. The number of methoxy groups -OCH3 is 2. The summed E-state index contributed by atoms with van der Waals surface area (Å²) in [6.45, 7) is 0.817. The zero-order valence-electron chi connectivity index (χ0n) is 17.0. The number of nitrogens with zero attached hydrogens (tertiary/aromatic N) is 1. The SMILES string of the molecule is COc1ccccc1C(=O)NCCNC(=O)[C@@H]1CC(=O)N(c2ccccc2OC)C1. The Morgan fingerprint density at radius 1 is 0.967 bits per heavy atom. The van der Waals surface area contributed by atoms with Gasteiger partial charge < -0.3 is 25.0 Å². The Kier molecular flexibility index (Phi) is 6.90. The lowest BCUT2D eigenvalue weighted by Gasteiger charge is -2.19. The van der Waals surface area contributed by atoms with Gasteiger partial charge in [0, 0.05) is 26.1 Å². The molecule has 1 saturated heterocycles. The molecule has 3 rings (SSSR count). The molecular formula is C22H25N3O5. The second kappa shape index (κ2) is 9.78. The number of para-hydroxylation sites is 3. The molecule has 1 aliphatic heterocycles. The van der Waals surface area contributed by atoms with Crippen molar-refractivity contribution >= 4 is 23.4 Å². The third-order valence-electron chi connectivity index (χ3n) is 4.93. The second-order valence-corrected chi connectivity index (χ2v) is 6.82. The van der Waals surface area contributed by atoms with Gasteiger partial charge in [-0.3, -0.25) is 14.4 Å². The Morgan fingerprint density at radius 2 is 1.60 bits per heavy atom. The van der Waals surface area contributed by atoms with E-state index in [1.807, 2.05) is 12.1 Å². The van der Waals surface area contributed by atoms with Gasteiger partial charge in [-0.15, -0.1) is 0 Å². The van der Waals surface area contributed by atoms with Crippen LogP contribution in [0.1, 0.15) is 16.8 Å². The third-order valence-corrected chi connectivity index (χ3v) is 4.93. The van der Waals surface area contributed by atoms with Gasteiger partial charge in [-0.1, -0.05) is 24.3 Å². The van der Waals surface area contributed by atoms with E-state index in [1.54, 1.807) is 48.4 Å². The topological polar surface area (TPSA) is 97.0 Å². The van der Waals surface area contributed by atoms with Crippen LogP contribution >= 0.6 is 0 Å². The zero-order chi connectivity index (χ0) is 21.5. The lowest BCUT2D eigenvalue weighted by molar-refractivity contribution is -0.126. The van der Waals surface area contributed by atoms with E-state index >= 15 is 0 Å². The summed E-state index contributed by atoms with van der Waals surface area (Å²) >= 11 is 0. The summed E-state index contributed by atoms with van der Waals surface area (Å²) < 4.78 is 10.5. The molecule has 2 aromatic carbocycles. The van der Waals surface area contributed by atoms with Crippen LogP contribution in [0.25, 0.3) is 0 Å². The Bertz CT molecular complexity index is 930. The molecular weight excluding hydrogens is 386 g/mol. The van der Waals surface area contributed by atoms with E-state index in [-0.39, 0.29) is 37.2 Å². The Labute approximate surface area is 175 Å². The molecule has 3 amide bonds. The highest BCUT2D eigenvalue weighted by molar-refractivity contribution is 6.01. The normalized spacial score (nSPS) is 15.6. The molecule has 0 bridgehead atoms. The van der Waals surface area contributed by atoms with Gasteiger partial charge in [0.05, 0.1) is 31.4 Å². The highest BCUT2D eigenvalue weighted by atomic mass is 16.5. The summed E-state index contributed by atoms with van der Waals surface area (Å²) in [7, 11) is 3.05. The first-order valence-electron chi connectivity index (χ1n) is 9.67. The van der Waals surface area contributed by atoms with Crippen molar-refractivity contribution in [2.45, 2.75) is 6.42 Å². The molecule has 1 aliphatic rings. The molecule has 0 saturated carbocycles. The van der Waals surface area contributed by atoms with Gasteiger partial charge in [0.1, 0.15) is 11.5 Å². The average Bonchev–Trinajstić information content (AvgIpc) is 3.17. The standard InChI is InChI=1S/C22H25N3O5/c1-29-18-9-5-3-7-16(18)22(28)24-12-11-23-21(27)15-13-20(26)25(14-15)17-8-4-6-10-19(17)30-2/h3-10,15H,11-14H2,1-2H3,(H,23,27)(H,24,28)/t15-/m1/s1. The van der Waals surface area contributed by atoms with Crippen LogP contribution in [0.5, 0.6) is 11.5 Å². The summed E-state index contributed by atoms with van der Waals surface area (Å²) in [6.07, 6.45) is 0.136. The molecule has 8 heteroatoms. The van der Waals surface area contributed by atoms with E-state index in [0.717, 1.165) is 0 Å². The zero-order valence-corrected chi connectivity index (χ0v) is 17.0. The molecule has 1 heterocycles. The number of ether oxygens (including phenoxy) is 2. The first-order valence-corrected chi connectivity index (χ1v) is 9.67. The summed E-state index contributed by atoms with van der Waals surface area (Å²) in [5.41, 5.74) is 1.09. The number of rotatable bonds is 8. The number of carbonyl (C=O) groups excluding carboxylic acids is 3. The maximum Gasteiger partial charge on any atom is 0.255 e. The van der Waals surface area contributed by atoms with Crippen LogP contribution in [-0.2, 0) is 9.59 Å². The smallest absolute Gasteiger partial charge is 0.255 e. The van der Waals surface area contributed by atoms with Gasteiger partial charge in [0.25, 0.3) is 5.91 Å². The van der Waals surface area contributed by atoms with E-state index in [1.165, 1.54) is 7.11 Å². The molecule has 1 fully saturated rings. The fourth-order valence-electron chi connectivity index (χ4n) is 3.40. The van der Waals surface area contributed by atoms with E-state index in [2.05, 4.69) is 10.6 Å². The second-order valence-electron chi connectivity index (χ2n) is 6.82. The quantitative estimate of drug-likeness (QED) is 0.643. The van der Waals surface area contributed by atoms with Crippen molar-refractivity contribution in [3.63, 3.8) is 0 Å². The van der Waals surface area contributed by atoms with Gasteiger partial charge in [0.15, 0.2) is 0 Å². The Hall–Kier alpha value is -3.55. The minimum Gasteiger partial charge on any atom is -0.496 e. The molecule has 158 valence electrons. The van der Waals surface area contributed by atoms with Crippen molar-refractivity contribution in [3.05, 3.63) is 54.1 Å². The summed E-state index contributed by atoms with van der Waals surface area (Å²) in [4.78, 5) is 38.7. The molecule has 0 spiro atoms. The van der Waals surface area contributed by atoms with Crippen LogP contribution in [0, 0.1) is 5.92 Å². The fourth-order valence-corrected chi connectivity index (χ4v) is 3.40. The summed E-state index contributed by atoms with van der Waals surface area (Å²) in [5, 5.41) is 5.54. The van der Waals surface area contributed by atoms with Crippen molar-refractivity contribution in [1.82, 2.24) is 10.6 Å². The maximum atomic E-state index is 12.5. The molecule has 30 heavy (non-hydrogen) atoms. The monoisotopic (exact) mass is 411 g/mol. The number of hydrogen-bond donors (Lipinski definition) is 2. The van der Waals surface area contributed by atoms with Crippen LogP contribution in [0.2, 0.25) is 0 Å². The Balaban J connectivity index is 1.49. The van der Waals surface area contributed by atoms with E-state index < -0.39 is 5.92 Å². The van der Waals surface area contributed by atoms with E-state index in [4.69, 9.17) is 9.47 Å². The molecule has 0 aliphatic carbocycles. The van der Waals surface area contributed by atoms with Crippen LogP contribution in [0.3, 0.4) is 0 Å². The molecule has 2 aromatic rings. The summed E-state index contributed by atoms with van der Waals surface area (Å²) in [6, 6.07) is 14.1. The van der Waals surface area contributed by atoms with Gasteiger partial charge in [-0.25, -0.2) is 0 Å². The average molecular weight is 411 g/mol. The first kappa shape index (κ1) is 21.2. The number of carbonyl (C=O) groups is 3. The van der Waals surface area contributed by atoms with Crippen LogP contribution < -0.4 is 25.0 Å². The lowest BCUT2D eigenvalue weighted by Crippen LogP contribution is -2.38. The minimum atomic E-state index is -0.452. The van der Waals surface area contributed by atoms with Crippen LogP contribution in [-0.4, -0.2) is 51.6 Å². The molecule has 0 radical (unpaired) electrons. The first-order chi connectivity index (χ1) is 14.5. The molecule has 0 unspecified atom stereocenters. The molecule has 8 nitrogen and oxygen atoms in total. The van der Waals surface area contributed by atoms with E-state index in [9.17, 15) is 14.4 Å². The Morgan fingerprint density at radius 3 is 2.33 bits per heavy atom. The number of anilines is 1. The highest BCUT2D eigenvalue weighted by Crippen LogP contribution is 2.32. The molecule has 0 aromatic heterocycles. The van der Waals surface area contributed by atoms with Gasteiger partial charge in [-0.05, 0) is 24.3 Å². The number of hydrogen-bond acceptors (Lipinski definition) is 5. The van der Waals surface area contributed by atoms with Crippen molar-refractivity contribution in [3.8, 4) is 11.5 Å². The molecule has 2 N–H and O–H groups in total. The van der Waals surface area contributed by atoms with Crippen molar-refractivity contribution in [1.29, 1.82) is 0 Å². The van der Waals surface area contributed by atoms with Crippen molar-refractivity contribution in [2.75, 3.05) is 38.8 Å². The van der Waals surface area contributed by atoms with Crippen LogP contribution in [0.15, 0.2) is 48.5 Å². The third kappa shape index (κ3) is 4.71. The maximum absolute atomic E-state index is 12.5. The number of nitrogens with one attached hydrogen (secondary N) is 2. The van der Waals surface area contributed by atoms with Crippen molar-refractivity contribution in [2.24, 2.45) is 5.92 Å². The number of amides is 3. The lowest BCUT2D eigenvalue weighted by atomic mass is 10.1.